The van der Waals surface area contributed by atoms with E-state index in [1.165, 1.54) is 34.2 Å². The third kappa shape index (κ3) is 7.87. The Morgan fingerprint density at radius 2 is 1.45 bits per heavy atom. The molecule has 7 rings (SSSR count). The van der Waals surface area contributed by atoms with Gasteiger partial charge in [-0.25, -0.2) is 0 Å². The van der Waals surface area contributed by atoms with E-state index < -0.39 is 8.07 Å². The van der Waals surface area contributed by atoms with E-state index in [2.05, 4.69) is 141 Å². The van der Waals surface area contributed by atoms with Crippen molar-refractivity contribution in [3.05, 3.63) is 125 Å². The Kier molecular flexibility index (Phi) is 11.7. The van der Waals surface area contributed by atoms with Gasteiger partial charge in [0.25, 0.3) is 0 Å². The number of fused-ring (bicyclic) bond motifs is 1. The van der Waals surface area contributed by atoms with Crippen LogP contribution in [-0.2, 0) is 41.0 Å². The second-order valence-electron chi connectivity index (χ2n) is 18.0. The average Bonchev–Trinajstić information content (AvgIpc) is 3.69. The van der Waals surface area contributed by atoms with Gasteiger partial charge in [-0.05, 0) is 38.2 Å². The van der Waals surface area contributed by atoms with E-state index in [4.69, 9.17) is 11.6 Å². The summed E-state index contributed by atoms with van der Waals surface area (Å²) in [6.45, 7) is 28.7. The number of allylic oxidation sites excluding steroid dienone is 7. The van der Waals surface area contributed by atoms with Crippen molar-refractivity contribution in [2.24, 2.45) is 5.92 Å². The number of hydrogen-bond donors (Lipinski definition) is 0. The van der Waals surface area contributed by atoms with Crippen LogP contribution in [0.25, 0.3) is 17.2 Å². The van der Waals surface area contributed by atoms with Crippen molar-refractivity contribution in [3.63, 3.8) is 0 Å². The number of hydrogen-bond acceptors (Lipinski definition) is 2. The van der Waals surface area contributed by atoms with Crippen LogP contribution < -0.4 is 5.11 Å². The Balaban J connectivity index is 0.000000154. The molecule has 5 heteroatoms. The monoisotopic (exact) mass is 810 g/mol. The van der Waals surface area contributed by atoms with Crippen molar-refractivity contribution in [1.82, 2.24) is 0 Å². The molecule has 4 aliphatic rings. The second kappa shape index (κ2) is 14.8. The van der Waals surface area contributed by atoms with Gasteiger partial charge in [0.2, 0.25) is 0 Å². The van der Waals surface area contributed by atoms with Crippen LogP contribution in [0.2, 0.25) is 18.1 Å². The zero-order valence-corrected chi connectivity index (χ0v) is 38.2. The maximum absolute atomic E-state index is 11.9. The summed E-state index contributed by atoms with van der Waals surface area (Å²) in [5, 5.41) is 16.2. The SMILES string of the molecule is CC(C)(C)c1ccc([O-])c(C(C)(C)C)c1Cl.CCC1=C2C3C(=CC=C3[Si]2(C)C)S1.CCC1=Cc2c(-c3ccc(C(C)(C)C)cc3)cccc2[CH]1[Zr+]. The van der Waals surface area contributed by atoms with Crippen LogP contribution in [0, 0.1) is 5.92 Å². The predicted octanol–water partition coefficient (Wildman–Crippen LogP) is 13.7. The molecule has 0 spiro atoms. The maximum atomic E-state index is 11.9. The molecular formula is C46H57ClOSSiZr. The molecular weight excluding hydrogens is 755 g/mol. The Morgan fingerprint density at radius 1 is 0.804 bits per heavy atom. The molecule has 1 fully saturated rings. The normalized spacial score (nSPS) is 19.8. The number of benzene rings is 3. The Bertz CT molecular complexity index is 1940. The predicted molar refractivity (Wildman–Crippen MR) is 222 cm³/mol. The van der Waals surface area contributed by atoms with Gasteiger partial charge >= 0.3 is 150 Å². The van der Waals surface area contributed by atoms with Crippen LogP contribution in [0.1, 0.15) is 120 Å². The molecule has 1 saturated heterocycles. The van der Waals surface area contributed by atoms with Crippen molar-refractivity contribution in [1.29, 1.82) is 0 Å². The Hall–Kier alpha value is -1.84. The van der Waals surface area contributed by atoms with E-state index >= 15 is 0 Å². The molecule has 0 saturated carbocycles. The molecule has 51 heavy (non-hydrogen) atoms. The summed E-state index contributed by atoms with van der Waals surface area (Å²) < 4.78 is 0.654. The number of halogens is 1. The molecule has 2 aliphatic heterocycles. The fourth-order valence-electron chi connectivity index (χ4n) is 7.89. The van der Waals surface area contributed by atoms with Crippen LogP contribution >= 0.6 is 23.4 Å². The van der Waals surface area contributed by atoms with Crippen molar-refractivity contribution >= 4 is 37.5 Å². The standard InChI is InChI=1S/C21H23.C14H21ClO.C11H14SSi.Zr/c1-5-15-13-17-7-6-8-19(20(17)14-15)16-9-11-18(12-10-16)21(2,3)4;1-13(2,3)9-7-8-10(16)11(12(9)15)14(4,5)6;1-4-7-11-10-8(12-7)5-6-9(10)13(11,2)3;/h6-14H,5H2,1-4H3;7-8,16H,1-6H3;5-6,10H,4H2,1-3H3;/q;;;+1/p-1. The molecule has 0 N–H and O–H groups in total. The minimum absolute atomic E-state index is 0.0329. The fourth-order valence-corrected chi connectivity index (χ4v) is 15.7. The third-order valence-corrected chi connectivity index (χ3v) is 18.3. The molecule has 3 aromatic rings. The van der Waals surface area contributed by atoms with E-state index in [0.29, 0.717) is 8.65 Å². The van der Waals surface area contributed by atoms with Gasteiger partial charge in [-0.3, -0.25) is 0 Å². The van der Waals surface area contributed by atoms with E-state index in [-0.39, 0.29) is 22.0 Å². The Labute approximate surface area is 335 Å². The topological polar surface area (TPSA) is 23.1 Å². The van der Waals surface area contributed by atoms with Gasteiger partial charge in [-0.1, -0.05) is 120 Å². The van der Waals surface area contributed by atoms with E-state index in [9.17, 15) is 5.11 Å². The van der Waals surface area contributed by atoms with Gasteiger partial charge < -0.3 is 5.11 Å². The number of thioether (sulfide) groups is 1. The van der Waals surface area contributed by atoms with Gasteiger partial charge in [0.05, 0.1) is 0 Å². The zero-order valence-electron chi connectivity index (χ0n) is 33.2. The summed E-state index contributed by atoms with van der Waals surface area (Å²) in [6.07, 6.45) is 9.59. The summed E-state index contributed by atoms with van der Waals surface area (Å²) >= 11 is 10.0. The van der Waals surface area contributed by atoms with Crippen LogP contribution in [0.15, 0.2) is 92.5 Å². The van der Waals surface area contributed by atoms with Gasteiger partial charge in [0, 0.05) is 10.9 Å². The molecule has 0 amide bonds. The van der Waals surface area contributed by atoms with Crippen LogP contribution in [-0.4, -0.2) is 8.07 Å². The minimum atomic E-state index is -1.08. The van der Waals surface area contributed by atoms with Crippen LogP contribution in [0.5, 0.6) is 5.75 Å². The molecule has 2 unspecified atom stereocenters. The first-order valence-electron chi connectivity index (χ1n) is 18.6. The van der Waals surface area contributed by atoms with Gasteiger partial charge in [-0.15, -0.1) is 5.75 Å². The molecule has 0 bridgehead atoms. The summed E-state index contributed by atoms with van der Waals surface area (Å²) in [5.41, 5.74) is 10.4. The molecule has 2 atom stereocenters. The first-order chi connectivity index (χ1) is 23.6. The van der Waals surface area contributed by atoms with E-state index in [1.807, 2.05) is 32.0 Å². The molecule has 0 radical (unpaired) electrons. The van der Waals surface area contributed by atoms with Gasteiger partial charge in [0.1, 0.15) is 8.07 Å². The van der Waals surface area contributed by atoms with Crippen molar-refractivity contribution in [2.75, 3.05) is 0 Å². The van der Waals surface area contributed by atoms with Gasteiger partial charge in [0.15, 0.2) is 0 Å². The summed E-state index contributed by atoms with van der Waals surface area (Å²) in [6, 6.07) is 19.4. The molecule has 3 aromatic carbocycles. The first-order valence-corrected chi connectivity index (χ1v) is 24.2. The third-order valence-electron chi connectivity index (χ3n) is 10.9. The average molecular weight is 813 g/mol. The molecule has 268 valence electrons. The summed E-state index contributed by atoms with van der Waals surface area (Å²) in [7, 11) is -1.08. The van der Waals surface area contributed by atoms with E-state index in [0.717, 1.165) is 23.5 Å². The van der Waals surface area contributed by atoms with Crippen molar-refractivity contribution in [3.8, 4) is 16.9 Å². The molecule has 2 heterocycles. The van der Waals surface area contributed by atoms with Crippen molar-refractivity contribution < 1.29 is 29.8 Å². The fraction of sp³-hybridized carbons (Fsp3) is 0.435. The summed E-state index contributed by atoms with van der Waals surface area (Å²) in [4.78, 5) is 3.32. The zero-order chi connectivity index (χ0) is 37.8. The first kappa shape index (κ1) is 40.3. The van der Waals surface area contributed by atoms with Crippen LogP contribution in [0.4, 0.5) is 0 Å². The van der Waals surface area contributed by atoms with Crippen molar-refractivity contribution in [2.45, 2.75) is 122 Å². The van der Waals surface area contributed by atoms with Gasteiger partial charge in [-0.2, -0.15) is 0 Å². The Morgan fingerprint density at radius 3 is 2.00 bits per heavy atom. The second-order valence-corrected chi connectivity index (χ2v) is 25.3. The summed E-state index contributed by atoms with van der Waals surface area (Å²) in [5.74, 6) is 0.826. The number of rotatable bonds is 3. The van der Waals surface area contributed by atoms with Crippen LogP contribution in [0.3, 0.4) is 0 Å². The molecule has 2 aliphatic carbocycles. The van der Waals surface area contributed by atoms with E-state index in [1.54, 1.807) is 51.4 Å². The molecule has 1 nitrogen and oxygen atoms in total. The quantitative estimate of drug-likeness (QED) is 0.246. The molecule has 0 aromatic heterocycles.